The van der Waals surface area contributed by atoms with Gasteiger partial charge < -0.3 is 10.3 Å². The van der Waals surface area contributed by atoms with Crippen molar-refractivity contribution in [2.75, 3.05) is 0 Å². The van der Waals surface area contributed by atoms with Crippen LogP contribution in [0.2, 0.25) is 5.02 Å². The lowest BCUT2D eigenvalue weighted by Gasteiger charge is -2.36. The zero-order chi connectivity index (χ0) is 17.3. The van der Waals surface area contributed by atoms with Crippen LogP contribution in [0, 0.1) is 11.8 Å². The second-order valence-corrected chi connectivity index (χ2v) is 9.34. The summed E-state index contributed by atoms with van der Waals surface area (Å²) in [6.07, 6.45) is 7.83. The first-order chi connectivity index (χ1) is 12.0. The van der Waals surface area contributed by atoms with Crippen molar-refractivity contribution in [1.82, 2.24) is 10.3 Å². The van der Waals surface area contributed by atoms with Crippen LogP contribution in [0.5, 0.6) is 0 Å². The van der Waals surface area contributed by atoms with E-state index >= 15 is 0 Å². The molecule has 3 aliphatic rings. The number of hydrogen-bond donors (Lipinski definition) is 2. The van der Waals surface area contributed by atoms with Gasteiger partial charge >= 0.3 is 0 Å². The number of fused-ring (bicyclic) bond motifs is 4. The van der Waals surface area contributed by atoms with Gasteiger partial charge in [-0.1, -0.05) is 51.3 Å². The van der Waals surface area contributed by atoms with Crippen molar-refractivity contribution >= 4 is 22.5 Å². The molecule has 2 unspecified atom stereocenters. The van der Waals surface area contributed by atoms with Gasteiger partial charge in [0.05, 0.1) is 0 Å². The maximum absolute atomic E-state index is 6.22. The van der Waals surface area contributed by atoms with Gasteiger partial charge in [0.2, 0.25) is 0 Å². The molecule has 0 bridgehead atoms. The minimum atomic E-state index is 0.125. The maximum Gasteiger partial charge on any atom is 0.0474 e. The highest BCUT2D eigenvalue weighted by Crippen LogP contribution is 2.58. The zero-order valence-corrected chi connectivity index (χ0v) is 16.1. The Hall–Kier alpha value is -1.41. The fraction of sp³-hybridized carbons (Fsp3) is 0.545. The Morgan fingerprint density at radius 2 is 1.96 bits per heavy atom. The number of nitrogens with one attached hydrogen (secondary N) is 2. The quantitative estimate of drug-likeness (QED) is 0.657. The van der Waals surface area contributed by atoms with Crippen molar-refractivity contribution in [2.45, 2.75) is 63.8 Å². The second kappa shape index (κ2) is 5.30. The highest BCUT2D eigenvalue weighted by Gasteiger charge is 2.51. The smallest absolute Gasteiger partial charge is 0.0474 e. The van der Waals surface area contributed by atoms with Crippen molar-refractivity contribution in [3.8, 4) is 0 Å². The highest BCUT2D eigenvalue weighted by molar-refractivity contribution is 6.31. The fourth-order valence-corrected chi connectivity index (χ4v) is 6.36. The molecule has 4 atom stereocenters. The molecular weight excluding hydrogens is 328 g/mol. The van der Waals surface area contributed by atoms with Crippen LogP contribution in [0.1, 0.15) is 63.6 Å². The molecule has 0 spiro atoms. The van der Waals surface area contributed by atoms with E-state index in [0.29, 0.717) is 17.9 Å². The van der Waals surface area contributed by atoms with Crippen molar-refractivity contribution in [3.05, 3.63) is 46.3 Å². The minimum Gasteiger partial charge on any atom is -0.388 e. The number of halogens is 1. The van der Waals surface area contributed by atoms with Gasteiger partial charge in [-0.2, -0.15) is 0 Å². The first-order valence-electron chi connectivity index (χ1n) is 9.76. The molecule has 132 valence electrons. The van der Waals surface area contributed by atoms with E-state index in [9.17, 15) is 0 Å². The van der Waals surface area contributed by atoms with Gasteiger partial charge in [-0.05, 0) is 54.1 Å². The molecule has 1 saturated carbocycles. The summed E-state index contributed by atoms with van der Waals surface area (Å²) in [7, 11) is 0. The predicted octanol–water partition coefficient (Wildman–Crippen LogP) is 5.88. The summed E-state index contributed by atoms with van der Waals surface area (Å²) in [4.78, 5) is 3.73. The molecule has 1 aromatic heterocycles. The summed E-state index contributed by atoms with van der Waals surface area (Å²) in [5.41, 5.74) is 5.92. The Kier molecular flexibility index (Phi) is 3.35. The van der Waals surface area contributed by atoms with Gasteiger partial charge in [-0.3, -0.25) is 0 Å². The number of rotatable bonds is 1. The Balaban J connectivity index is 1.61. The molecule has 0 radical (unpaired) electrons. The summed E-state index contributed by atoms with van der Waals surface area (Å²) >= 11 is 6.22. The van der Waals surface area contributed by atoms with Crippen molar-refractivity contribution in [3.63, 3.8) is 0 Å². The van der Waals surface area contributed by atoms with Crippen LogP contribution < -0.4 is 5.32 Å². The van der Waals surface area contributed by atoms with E-state index in [-0.39, 0.29) is 5.41 Å². The van der Waals surface area contributed by atoms with Crippen LogP contribution in [-0.4, -0.2) is 11.0 Å². The molecule has 1 fully saturated rings. The molecule has 2 nitrogen and oxygen atoms in total. The number of H-pyrrole nitrogens is 1. The number of aromatic nitrogens is 1. The maximum atomic E-state index is 6.22. The van der Waals surface area contributed by atoms with Gasteiger partial charge in [0, 0.05) is 39.0 Å². The molecule has 25 heavy (non-hydrogen) atoms. The third-order valence-electron chi connectivity index (χ3n) is 7.20. The lowest BCUT2D eigenvalue weighted by atomic mass is 9.67. The third kappa shape index (κ3) is 2.10. The monoisotopic (exact) mass is 354 g/mol. The normalized spacial score (nSPS) is 33.0. The molecule has 2 N–H and O–H groups in total. The van der Waals surface area contributed by atoms with E-state index in [4.69, 9.17) is 11.6 Å². The average Bonchev–Trinajstić information content (AvgIpc) is 3.20. The van der Waals surface area contributed by atoms with E-state index < -0.39 is 0 Å². The van der Waals surface area contributed by atoms with Crippen LogP contribution >= 0.6 is 11.6 Å². The summed E-state index contributed by atoms with van der Waals surface area (Å²) in [6.45, 7) is 7.28. The van der Waals surface area contributed by atoms with E-state index in [0.717, 1.165) is 10.9 Å². The van der Waals surface area contributed by atoms with Gasteiger partial charge in [0.15, 0.2) is 0 Å². The molecule has 1 aromatic carbocycles. The van der Waals surface area contributed by atoms with E-state index in [1.165, 1.54) is 47.8 Å². The van der Waals surface area contributed by atoms with E-state index in [1.54, 1.807) is 5.57 Å². The topological polar surface area (TPSA) is 27.8 Å². The summed E-state index contributed by atoms with van der Waals surface area (Å²) < 4.78 is 0. The second-order valence-electron chi connectivity index (χ2n) is 8.90. The summed E-state index contributed by atoms with van der Waals surface area (Å²) in [5, 5.41) is 5.88. The first-order valence-corrected chi connectivity index (χ1v) is 10.1. The van der Waals surface area contributed by atoms with Crippen molar-refractivity contribution in [2.24, 2.45) is 11.8 Å². The molecule has 3 heteroatoms. The minimum absolute atomic E-state index is 0.125. The Labute approximate surface area is 155 Å². The van der Waals surface area contributed by atoms with Gasteiger partial charge in [0.25, 0.3) is 0 Å². The molecule has 0 amide bonds. The standard InChI is InChI=1S/C22H27ClN2/c1-12-19-15-9-8-13(23)10-18(15)25-21(19)22(2,3)20(12)16-11-24-17-7-5-4-6-14(16)17/h8-12,14,17,20,24-25H,4-7H2,1-3H3/t12-,14?,17?,20-/m1/s1. The van der Waals surface area contributed by atoms with Gasteiger partial charge in [0.1, 0.15) is 0 Å². The SMILES string of the molecule is C[C@@H]1c2c([nH]c3cc(Cl)ccc23)C(C)(C)[C@H]1C1=CNC2CCCCC12. The zero-order valence-electron chi connectivity index (χ0n) is 15.3. The summed E-state index contributed by atoms with van der Waals surface area (Å²) in [6, 6.07) is 6.98. The van der Waals surface area contributed by atoms with Gasteiger partial charge in [-0.15, -0.1) is 0 Å². The van der Waals surface area contributed by atoms with Crippen LogP contribution in [0.4, 0.5) is 0 Å². The third-order valence-corrected chi connectivity index (χ3v) is 7.43. The predicted molar refractivity (Wildman–Crippen MR) is 105 cm³/mol. The van der Waals surface area contributed by atoms with Crippen molar-refractivity contribution < 1.29 is 0 Å². The Morgan fingerprint density at radius 1 is 1.16 bits per heavy atom. The molecule has 2 aliphatic carbocycles. The van der Waals surface area contributed by atoms with Crippen LogP contribution in [-0.2, 0) is 5.41 Å². The average molecular weight is 355 g/mol. The molecule has 1 aliphatic heterocycles. The molecule has 2 heterocycles. The number of aromatic amines is 1. The lowest BCUT2D eigenvalue weighted by Crippen LogP contribution is -2.35. The fourth-order valence-electron chi connectivity index (χ4n) is 6.19. The highest BCUT2D eigenvalue weighted by atomic mass is 35.5. The molecule has 2 aromatic rings. The Bertz CT molecular complexity index is 876. The van der Waals surface area contributed by atoms with Crippen LogP contribution in [0.15, 0.2) is 30.0 Å². The largest absolute Gasteiger partial charge is 0.388 e. The summed E-state index contributed by atoms with van der Waals surface area (Å²) in [5.74, 6) is 1.85. The lowest BCUT2D eigenvalue weighted by molar-refractivity contribution is 0.282. The van der Waals surface area contributed by atoms with Gasteiger partial charge in [-0.25, -0.2) is 0 Å². The van der Waals surface area contributed by atoms with E-state index in [1.807, 2.05) is 6.07 Å². The van der Waals surface area contributed by atoms with Crippen LogP contribution in [0.3, 0.4) is 0 Å². The van der Waals surface area contributed by atoms with Crippen molar-refractivity contribution in [1.29, 1.82) is 0 Å². The molecular formula is C22H27ClN2. The number of hydrogen-bond acceptors (Lipinski definition) is 1. The molecule has 5 rings (SSSR count). The van der Waals surface area contributed by atoms with E-state index in [2.05, 4.69) is 49.4 Å². The van der Waals surface area contributed by atoms with Crippen LogP contribution in [0.25, 0.3) is 10.9 Å². The molecule has 0 saturated heterocycles. The number of benzene rings is 1. The Morgan fingerprint density at radius 3 is 2.80 bits per heavy atom. The first kappa shape index (κ1) is 15.8.